The molecule has 0 aromatic heterocycles. The summed E-state index contributed by atoms with van der Waals surface area (Å²) in [6, 6.07) is 13.3. The van der Waals surface area contributed by atoms with Crippen LogP contribution in [0, 0.1) is 0 Å². The molecule has 27 heavy (non-hydrogen) atoms. The van der Waals surface area contributed by atoms with Crippen molar-refractivity contribution in [3.05, 3.63) is 69.7 Å². The number of esters is 2. The molecule has 6 heteroatoms. The van der Waals surface area contributed by atoms with Crippen molar-refractivity contribution in [1.29, 1.82) is 0 Å². The van der Waals surface area contributed by atoms with Gasteiger partial charge in [0.2, 0.25) is 0 Å². The van der Waals surface area contributed by atoms with Gasteiger partial charge in [0.05, 0.1) is 24.3 Å². The fourth-order valence-corrected chi connectivity index (χ4v) is 2.65. The monoisotopic (exact) mass is 408 g/mol. The lowest BCUT2D eigenvalue weighted by Crippen LogP contribution is -2.07. The lowest BCUT2D eigenvalue weighted by atomic mass is 10.1. The van der Waals surface area contributed by atoms with Gasteiger partial charge in [0.1, 0.15) is 0 Å². The predicted octanol–water partition coefficient (Wildman–Crippen LogP) is 5.96. The maximum absolute atomic E-state index is 11.8. The standard InChI is InChI=1S/C21H22Cl2O4/c22-18-10-6-16(7-11-18)20(24)26-14-4-2-1-3-5-15-27-21(25)17-8-12-19(23)13-9-17/h6-13H,1-5,14-15H2. The van der Waals surface area contributed by atoms with Crippen molar-refractivity contribution in [2.75, 3.05) is 13.2 Å². The highest BCUT2D eigenvalue weighted by Crippen LogP contribution is 2.12. The molecule has 4 nitrogen and oxygen atoms in total. The minimum Gasteiger partial charge on any atom is -0.462 e. The third kappa shape index (κ3) is 8.02. The molecular formula is C21H22Cl2O4. The van der Waals surface area contributed by atoms with E-state index in [9.17, 15) is 9.59 Å². The highest BCUT2D eigenvalue weighted by Gasteiger charge is 2.07. The van der Waals surface area contributed by atoms with Gasteiger partial charge < -0.3 is 9.47 Å². The van der Waals surface area contributed by atoms with Crippen LogP contribution in [-0.2, 0) is 9.47 Å². The van der Waals surface area contributed by atoms with Gasteiger partial charge in [0.25, 0.3) is 0 Å². The fourth-order valence-electron chi connectivity index (χ4n) is 2.40. The highest BCUT2D eigenvalue weighted by atomic mass is 35.5. The van der Waals surface area contributed by atoms with Gasteiger partial charge >= 0.3 is 11.9 Å². The second-order valence-corrected chi connectivity index (χ2v) is 6.93. The zero-order valence-electron chi connectivity index (χ0n) is 15.0. The third-order valence-corrected chi connectivity index (χ3v) is 4.42. The Balaban J connectivity index is 1.47. The number of ether oxygens (including phenoxy) is 2. The molecule has 0 saturated carbocycles. The van der Waals surface area contributed by atoms with Crippen LogP contribution < -0.4 is 0 Å². The third-order valence-electron chi connectivity index (χ3n) is 3.91. The molecule has 0 heterocycles. The number of hydrogen-bond donors (Lipinski definition) is 0. The van der Waals surface area contributed by atoms with Gasteiger partial charge in [-0.25, -0.2) is 9.59 Å². The normalized spacial score (nSPS) is 10.4. The molecule has 0 N–H and O–H groups in total. The molecule has 2 aromatic carbocycles. The molecule has 0 atom stereocenters. The Bertz CT molecular complexity index is 663. The summed E-state index contributed by atoms with van der Waals surface area (Å²) >= 11 is 11.6. The Morgan fingerprint density at radius 1 is 0.593 bits per heavy atom. The van der Waals surface area contributed by atoms with Crippen LogP contribution >= 0.6 is 23.2 Å². The Labute approximate surface area is 169 Å². The van der Waals surface area contributed by atoms with Crippen LogP contribution in [0.5, 0.6) is 0 Å². The molecule has 0 aliphatic rings. The van der Waals surface area contributed by atoms with E-state index in [1.807, 2.05) is 0 Å². The summed E-state index contributed by atoms with van der Waals surface area (Å²) in [7, 11) is 0. The number of hydrogen-bond acceptors (Lipinski definition) is 4. The smallest absolute Gasteiger partial charge is 0.338 e. The van der Waals surface area contributed by atoms with Crippen molar-refractivity contribution in [3.63, 3.8) is 0 Å². The molecule has 0 radical (unpaired) electrons. The van der Waals surface area contributed by atoms with E-state index in [0.29, 0.717) is 34.4 Å². The number of carbonyl (C=O) groups excluding carboxylic acids is 2. The summed E-state index contributed by atoms with van der Waals surface area (Å²) in [5.41, 5.74) is 1.00. The van der Waals surface area contributed by atoms with Crippen LogP contribution in [0.1, 0.15) is 52.8 Å². The fraction of sp³-hybridized carbons (Fsp3) is 0.333. The number of benzene rings is 2. The maximum Gasteiger partial charge on any atom is 0.338 e. The van der Waals surface area contributed by atoms with E-state index in [2.05, 4.69) is 0 Å². The van der Waals surface area contributed by atoms with E-state index in [-0.39, 0.29) is 11.9 Å². The Hall–Kier alpha value is -2.04. The summed E-state index contributed by atoms with van der Waals surface area (Å²) < 4.78 is 10.4. The maximum atomic E-state index is 11.8. The van der Waals surface area contributed by atoms with Crippen molar-refractivity contribution in [3.8, 4) is 0 Å². The average molecular weight is 409 g/mol. The molecule has 0 aliphatic heterocycles. The molecule has 0 bridgehead atoms. The van der Waals surface area contributed by atoms with E-state index >= 15 is 0 Å². The van der Waals surface area contributed by atoms with Gasteiger partial charge in [0, 0.05) is 10.0 Å². The van der Waals surface area contributed by atoms with Crippen molar-refractivity contribution in [2.24, 2.45) is 0 Å². The number of carbonyl (C=O) groups is 2. The van der Waals surface area contributed by atoms with Gasteiger partial charge in [-0.1, -0.05) is 42.5 Å². The Morgan fingerprint density at radius 2 is 0.926 bits per heavy atom. The van der Waals surface area contributed by atoms with Crippen molar-refractivity contribution >= 4 is 35.1 Å². The zero-order chi connectivity index (χ0) is 19.5. The largest absolute Gasteiger partial charge is 0.462 e. The second-order valence-electron chi connectivity index (χ2n) is 6.05. The lowest BCUT2D eigenvalue weighted by Gasteiger charge is -2.06. The van der Waals surface area contributed by atoms with E-state index in [4.69, 9.17) is 32.7 Å². The van der Waals surface area contributed by atoms with Crippen LogP contribution in [0.3, 0.4) is 0 Å². The van der Waals surface area contributed by atoms with Crippen LogP contribution in [0.4, 0.5) is 0 Å². The lowest BCUT2D eigenvalue weighted by molar-refractivity contribution is 0.0496. The van der Waals surface area contributed by atoms with Crippen molar-refractivity contribution in [1.82, 2.24) is 0 Å². The molecule has 2 aromatic rings. The molecule has 0 spiro atoms. The molecule has 0 amide bonds. The quantitative estimate of drug-likeness (QED) is 0.359. The van der Waals surface area contributed by atoms with E-state index in [1.165, 1.54) is 0 Å². The molecule has 0 unspecified atom stereocenters. The van der Waals surface area contributed by atoms with Crippen molar-refractivity contribution in [2.45, 2.75) is 32.1 Å². The summed E-state index contributed by atoms with van der Waals surface area (Å²) in [6.07, 6.45) is 4.53. The highest BCUT2D eigenvalue weighted by molar-refractivity contribution is 6.30. The van der Waals surface area contributed by atoms with Gasteiger partial charge in [-0.05, 0) is 61.4 Å². The molecule has 2 rings (SSSR count). The summed E-state index contributed by atoms with van der Waals surface area (Å²) in [5.74, 6) is -0.665. The van der Waals surface area contributed by atoms with E-state index < -0.39 is 0 Å². The SMILES string of the molecule is O=C(OCCCCCCCOC(=O)c1ccc(Cl)cc1)c1ccc(Cl)cc1. The molecule has 0 fully saturated rings. The topological polar surface area (TPSA) is 52.6 Å². The first-order valence-corrected chi connectivity index (χ1v) is 9.67. The molecule has 144 valence electrons. The Morgan fingerprint density at radius 3 is 1.30 bits per heavy atom. The number of unbranched alkanes of at least 4 members (excludes halogenated alkanes) is 4. The van der Waals surface area contributed by atoms with Crippen LogP contribution in [-0.4, -0.2) is 25.2 Å². The number of halogens is 2. The molecule has 0 aliphatic carbocycles. The first-order valence-electron chi connectivity index (χ1n) is 8.91. The predicted molar refractivity (Wildman–Crippen MR) is 107 cm³/mol. The second kappa shape index (κ2) is 11.6. The first-order chi connectivity index (χ1) is 13.1. The average Bonchev–Trinajstić information content (AvgIpc) is 2.67. The number of rotatable bonds is 10. The van der Waals surface area contributed by atoms with Gasteiger partial charge in [0.15, 0.2) is 0 Å². The van der Waals surface area contributed by atoms with Crippen LogP contribution in [0.15, 0.2) is 48.5 Å². The van der Waals surface area contributed by atoms with E-state index in [0.717, 1.165) is 32.1 Å². The molecular weight excluding hydrogens is 387 g/mol. The van der Waals surface area contributed by atoms with Crippen molar-refractivity contribution < 1.29 is 19.1 Å². The van der Waals surface area contributed by atoms with Crippen LogP contribution in [0.2, 0.25) is 10.0 Å². The van der Waals surface area contributed by atoms with Gasteiger partial charge in [-0.2, -0.15) is 0 Å². The van der Waals surface area contributed by atoms with E-state index in [1.54, 1.807) is 48.5 Å². The Kier molecular flexibility index (Phi) is 9.16. The molecule has 0 saturated heterocycles. The first kappa shape index (κ1) is 21.3. The summed E-state index contributed by atoms with van der Waals surface area (Å²) in [6.45, 7) is 0.792. The van der Waals surface area contributed by atoms with Gasteiger partial charge in [-0.15, -0.1) is 0 Å². The summed E-state index contributed by atoms with van der Waals surface area (Å²) in [4.78, 5) is 23.6. The minimum absolute atomic E-state index is 0.333. The zero-order valence-corrected chi connectivity index (χ0v) is 16.5. The summed E-state index contributed by atoms with van der Waals surface area (Å²) in [5, 5.41) is 1.18. The van der Waals surface area contributed by atoms with Crippen LogP contribution in [0.25, 0.3) is 0 Å². The minimum atomic E-state index is -0.333. The van der Waals surface area contributed by atoms with Gasteiger partial charge in [-0.3, -0.25) is 0 Å².